The Balaban J connectivity index is 2.18. The Bertz CT molecular complexity index is 596. The maximum atomic E-state index is 12.2. The lowest BCUT2D eigenvalue weighted by molar-refractivity contribution is -0.198. The SMILES string of the molecule is Cc1csc(-c2c(N)nsc2NCC(O)C(F)(F)F)n1. The fourth-order valence-corrected chi connectivity index (χ4v) is 3.05. The van der Waals surface area contributed by atoms with Gasteiger partial charge in [-0.3, -0.25) is 0 Å². The fraction of sp³-hybridized carbons (Fsp3) is 0.400. The van der Waals surface area contributed by atoms with Gasteiger partial charge in [0.2, 0.25) is 0 Å². The van der Waals surface area contributed by atoms with E-state index in [1.807, 2.05) is 0 Å². The topological polar surface area (TPSA) is 84.1 Å². The van der Waals surface area contributed by atoms with E-state index in [1.165, 1.54) is 11.3 Å². The number of aliphatic hydroxyl groups is 1. The average molecular weight is 324 g/mol. The van der Waals surface area contributed by atoms with Gasteiger partial charge in [0.1, 0.15) is 15.8 Å². The third-order valence-corrected chi connectivity index (χ3v) is 4.18. The normalized spacial score (nSPS) is 13.4. The smallest absolute Gasteiger partial charge is 0.382 e. The van der Waals surface area contributed by atoms with Crippen molar-refractivity contribution in [3.05, 3.63) is 11.1 Å². The van der Waals surface area contributed by atoms with Crippen molar-refractivity contribution in [2.75, 3.05) is 17.6 Å². The lowest BCUT2D eigenvalue weighted by Crippen LogP contribution is -2.34. The second kappa shape index (κ2) is 5.54. The number of hydrogen-bond donors (Lipinski definition) is 3. The summed E-state index contributed by atoms with van der Waals surface area (Å²) in [6.45, 7) is 1.14. The van der Waals surface area contributed by atoms with Gasteiger partial charge in [0.05, 0.1) is 12.1 Å². The van der Waals surface area contributed by atoms with Gasteiger partial charge in [0, 0.05) is 11.1 Å². The average Bonchev–Trinajstić information content (AvgIpc) is 2.91. The van der Waals surface area contributed by atoms with Crippen LogP contribution >= 0.6 is 22.9 Å². The van der Waals surface area contributed by atoms with Gasteiger partial charge in [-0.25, -0.2) is 4.98 Å². The van der Waals surface area contributed by atoms with Crippen molar-refractivity contribution in [3.8, 4) is 10.6 Å². The van der Waals surface area contributed by atoms with E-state index in [0.29, 0.717) is 15.6 Å². The molecule has 5 nitrogen and oxygen atoms in total. The van der Waals surface area contributed by atoms with E-state index in [1.54, 1.807) is 12.3 Å². The van der Waals surface area contributed by atoms with Gasteiger partial charge in [0.25, 0.3) is 0 Å². The van der Waals surface area contributed by atoms with Crippen molar-refractivity contribution in [1.29, 1.82) is 0 Å². The second-order valence-electron chi connectivity index (χ2n) is 4.00. The zero-order valence-corrected chi connectivity index (χ0v) is 11.9. The van der Waals surface area contributed by atoms with Gasteiger partial charge in [-0.1, -0.05) is 0 Å². The number of aromatic nitrogens is 2. The van der Waals surface area contributed by atoms with Gasteiger partial charge < -0.3 is 16.2 Å². The molecule has 0 aliphatic heterocycles. The van der Waals surface area contributed by atoms with Crippen molar-refractivity contribution in [2.24, 2.45) is 0 Å². The van der Waals surface area contributed by atoms with Gasteiger partial charge in [0.15, 0.2) is 6.10 Å². The van der Waals surface area contributed by atoms with E-state index in [-0.39, 0.29) is 5.82 Å². The van der Waals surface area contributed by atoms with Crippen LogP contribution in [0.5, 0.6) is 0 Å². The summed E-state index contributed by atoms with van der Waals surface area (Å²) >= 11 is 2.26. The summed E-state index contributed by atoms with van der Waals surface area (Å²) in [6, 6.07) is 0. The highest BCUT2D eigenvalue weighted by atomic mass is 32.1. The van der Waals surface area contributed by atoms with Crippen molar-refractivity contribution in [2.45, 2.75) is 19.2 Å². The summed E-state index contributed by atoms with van der Waals surface area (Å²) in [6.07, 6.45) is -7.11. The molecule has 110 valence electrons. The molecule has 1 unspecified atom stereocenters. The highest BCUT2D eigenvalue weighted by molar-refractivity contribution is 7.15. The zero-order chi connectivity index (χ0) is 14.9. The molecular weight excluding hydrogens is 313 g/mol. The molecule has 0 amide bonds. The van der Waals surface area contributed by atoms with Crippen LogP contribution in [0.3, 0.4) is 0 Å². The fourth-order valence-electron chi connectivity index (χ4n) is 1.40. The first-order valence-corrected chi connectivity index (χ1v) is 7.10. The summed E-state index contributed by atoms with van der Waals surface area (Å²) in [4.78, 5) is 4.23. The maximum Gasteiger partial charge on any atom is 0.416 e. The molecule has 0 aliphatic rings. The Kier molecular flexibility index (Phi) is 4.16. The minimum Gasteiger partial charge on any atom is -0.382 e. The van der Waals surface area contributed by atoms with Crippen LogP contribution in [-0.4, -0.2) is 33.3 Å². The Hall–Kier alpha value is -1.39. The molecule has 2 aromatic rings. The van der Waals surface area contributed by atoms with E-state index in [0.717, 1.165) is 17.2 Å². The van der Waals surface area contributed by atoms with Crippen LogP contribution in [0.2, 0.25) is 0 Å². The molecule has 2 aromatic heterocycles. The molecule has 2 rings (SSSR count). The summed E-state index contributed by atoms with van der Waals surface area (Å²) < 4.78 is 40.6. The molecule has 1 atom stereocenters. The first-order chi connectivity index (χ1) is 9.29. The largest absolute Gasteiger partial charge is 0.416 e. The number of alkyl halides is 3. The van der Waals surface area contributed by atoms with Gasteiger partial charge in [-0.2, -0.15) is 17.5 Å². The molecule has 0 bridgehead atoms. The van der Waals surface area contributed by atoms with Gasteiger partial charge in [-0.05, 0) is 18.5 Å². The van der Waals surface area contributed by atoms with E-state index in [4.69, 9.17) is 10.8 Å². The molecule has 0 saturated carbocycles. The number of hydrogen-bond acceptors (Lipinski definition) is 7. The molecule has 0 fully saturated rings. The number of aliphatic hydroxyl groups excluding tert-OH is 1. The quantitative estimate of drug-likeness (QED) is 0.805. The molecule has 0 spiro atoms. The number of rotatable bonds is 4. The van der Waals surface area contributed by atoms with E-state index in [9.17, 15) is 13.2 Å². The molecule has 10 heteroatoms. The van der Waals surface area contributed by atoms with Crippen LogP contribution in [0.15, 0.2) is 5.38 Å². The minimum absolute atomic E-state index is 0.202. The molecule has 0 radical (unpaired) electrons. The molecule has 20 heavy (non-hydrogen) atoms. The van der Waals surface area contributed by atoms with Gasteiger partial charge in [-0.15, -0.1) is 11.3 Å². The number of aryl methyl sites for hydroxylation is 1. The number of nitrogen functional groups attached to an aromatic ring is 1. The molecule has 4 N–H and O–H groups in total. The predicted octanol–water partition coefficient (Wildman–Crippen LogP) is 2.49. The highest BCUT2D eigenvalue weighted by Crippen LogP contribution is 2.38. The minimum atomic E-state index is -4.67. The van der Waals surface area contributed by atoms with E-state index in [2.05, 4.69) is 14.7 Å². The monoisotopic (exact) mass is 324 g/mol. The Morgan fingerprint density at radius 1 is 1.50 bits per heavy atom. The third-order valence-electron chi connectivity index (χ3n) is 2.39. The number of halogens is 3. The molecule has 0 aromatic carbocycles. The summed E-state index contributed by atoms with van der Waals surface area (Å²) in [7, 11) is 0. The lowest BCUT2D eigenvalue weighted by Gasteiger charge is -2.15. The lowest BCUT2D eigenvalue weighted by atomic mass is 10.3. The van der Waals surface area contributed by atoms with Gasteiger partial charge >= 0.3 is 6.18 Å². The zero-order valence-electron chi connectivity index (χ0n) is 10.2. The standard InChI is InChI=1S/C10H11F3N4OS2/c1-4-3-19-9(16-4)6-7(14)17-20-8(6)15-2-5(18)10(11,12)13/h3,5,15,18H,2H2,1H3,(H2,14,17). The van der Waals surface area contributed by atoms with Crippen LogP contribution in [0.4, 0.5) is 24.0 Å². The summed E-state index contributed by atoms with van der Waals surface area (Å²) in [5.41, 5.74) is 6.98. The molecular formula is C10H11F3N4OS2. The van der Waals surface area contributed by atoms with Crippen molar-refractivity contribution < 1.29 is 18.3 Å². The number of nitrogens with one attached hydrogen (secondary N) is 1. The summed E-state index contributed by atoms with van der Waals surface area (Å²) in [5.74, 6) is 0.202. The van der Waals surface area contributed by atoms with Crippen molar-refractivity contribution in [1.82, 2.24) is 9.36 Å². The molecule has 0 aliphatic carbocycles. The van der Waals surface area contributed by atoms with Crippen molar-refractivity contribution in [3.63, 3.8) is 0 Å². The molecule has 2 heterocycles. The highest BCUT2D eigenvalue weighted by Gasteiger charge is 2.38. The van der Waals surface area contributed by atoms with Crippen molar-refractivity contribution >= 4 is 33.7 Å². The summed E-state index contributed by atoms with van der Waals surface area (Å²) in [5, 5.41) is 14.2. The first kappa shape index (κ1) is 15.0. The first-order valence-electron chi connectivity index (χ1n) is 5.45. The van der Waals surface area contributed by atoms with Crippen LogP contribution in [0.25, 0.3) is 10.6 Å². The number of thiazole rings is 1. The maximum absolute atomic E-state index is 12.2. The number of anilines is 2. The number of nitrogens with two attached hydrogens (primary N) is 1. The van der Waals surface area contributed by atoms with Crippen LogP contribution < -0.4 is 11.1 Å². The van der Waals surface area contributed by atoms with Crippen LogP contribution in [-0.2, 0) is 0 Å². The van der Waals surface area contributed by atoms with E-state index < -0.39 is 18.8 Å². The molecule has 0 saturated heterocycles. The van der Waals surface area contributed by atoms with E-state index >= 15 is 0 Å². The second-order valence-corrected chi connectivity index (χ2v) is 5.64. The van der Waals surface area contributed by atoms with Crippen LogP contribution in [0, 0.1) is 6.92 Å². The predicted molar refractivity (Wildman–Crippen MR) is 72.9 cm³/mol. The Morgan fingerprint density at radius 2 is 2.20 bits per heavy atom. The third kappa shape index (κ3) is 3.19. The van der Waals surface area contributed by atoms with Crippen LogP contribution in [0.1, 0.15) is 5.69 Å². The Labute approximate surface area is 120 Å². The number of nitrogens with zero attached hydrogens (tertiary/aromatic N) is 2. The Morgan fingerprint density at radius 3 is 2.75 bits per heavy atom.